The van der Waals surface area contributed by atoms with Crippen molar-refractivity contribution in [3.8, 4) is 12.3 Å². The molecule has 114 valence electrons. The fourth-order valence-electron chi connectivity index (χ4n) is 2.49. The van der Waals surface area contributed by atoms with Crippen LogP contribution >= 0.6 is 0 Å². The number of hydrogen-bond acceptors (Lipinski definition) is 4. The van der Waals surface area contributed by atoms with Crippen molar-refractivity contribution in [1.82, 2.24) is 14.8 Å². The zero-order valence-electron chi connectivity index (χ0n) is 13.0. The van der Waals surface area contributed by atoms with Crippen molar-refractivity contribution in [1.29, 1.82) is 0 Å². The van der Waals surface area contributed by atoms with Crippen LogP contribution in [0, 0.1) is 25.2 Å². The third-order valence-corrected chi connectivity index (χ3v) is 3.92. The van der Waals surface area contributed by atoms with Gasteiger partial charge in [-0.15, -0.1) is 6.42 Å². The molecule has 0 spiro atoms. The quantitative estimate of drug-likeness (QED) is 0.643. The van der Waals surface area contributed by atoms with Crippen molar-refractivity contribution in [2.24, 2.45) is 5.92 Å². The summed E-state index contributed by atoms with van der Waals surface area (Å²) in [4.78, 5) is 16.9. The molecule has 1 unspecified atom stereocenters. The predicted molar refractivity (Wildman–Crippen MR) is 83.4 cm³/mol. The fourth-order valence-corrected chi connectivity index (χ4v) is 2.49. The van der Waals surface area contributed by atoms with Crippen molar-refractivity contribution in [2.45, 2.75) is 45.8 Å². The van der Waals surface area contributed by atoms with Gasteiger partial charge in [-0.25, -0.2) is 14.5 Å². The number of aryl methyl sites for hydroxylation is 1. The lowest BCUT2D eigenvalue weighted by Crippen LogP contribution is -2.19. The first-order valence-corrected chi connectivity index (χ1v) is 7.53. The molecular weight excluding hydrogens is 278 g/mol. The Bertz CT molecular complexity index is 766. The van der Waals surface area contributed by atoms with Gasteiger partial charge in [0.05, 0.1) is 17.5 Å². The van der Waals surface area contributed by atoms with E-state index in [4.69, 9.17) is 11.2 Å². The van der Waals surface area contributed by atoms with E-state index in [2.05, 4.69) is 16.0 Å². The molecule has 2 heterocycles. The predicted octanol–water partition coefficient (Wildman–Crippen LogP) is 2.89. The number of terminal acetylenes is 1. The number of rotatable bonds is 4. The molecule has 22 heavy (non-hydrogen) atoms. The SMILES string of the molecule is C#CC(OC(=O)c1cc2cnn(C(C)C)c2nc1C)C1CC1. The number of carbonyl (C=O) groups is 1. The highest BCUT2D eigenvalue weighted by atomic mass is 16.5. The van der Waals surface area contributed by atoms with Crippen molar-refractivity contribution in [2.75, 3.05) is 0 Å². The maximum Gasteiger partial charge on any atom is 0.341 e. The highest BCUT2D eigenvalue weighted by molar-refractivity contribution is 5.94. The van der Waals surface area contributed by atoms with E-state index >= 15 is 0 Å². The van der Waals surface area contributed by atoms with Gasteiger partial charge < -0.3 is 4.74 Å². The molecule has 1 saturated carbocycles. The fraction of sp³-hybridized carbons (Fsp3) is 0.471. The van der Waals surface area contributed by atoms with E-state index in [9.17, 15) is 4.79 Å². The van der Waals surface area contributed by atoms with Crippen LogP contribution in [0.2, 0.25) is 0 Å². The molecule has 2 aromatic rings. The van der Waals surface area contributed by atoms with Crippen LogP contribution in [-0.4, -0.2) is 26.8 Å². The van der Waals surface area contributed by atoms with Crippen molar-refractivity contribution in [3.63, 3.8) is 0 Å². The number of ether oxygens (including phenoxy) is 1. The molecule has 5 nitrogen and oxygen atoms in total. The minimum Gasteiger partial charge on any atom is -0.445 e. The Balaban J connectivity index is 1.92. The zero-order chi connectivity index (χ0) is 15.9. The van der Waals surface area contributed by atoms with Gasteiger partial charge in [0, 0.05) is 17.3 Å². The minimum absolute atomic E-state index is 0.211. The number of esters is 1. The maximum atomic E-state index is 12.4. The van der Waals surface area contributed by atoms with Crippen molar-refractivity contribution < 1.29 is 9.53 Å². The number of aromatic nitrogens is 3. The molecule has 0 saturated heterocycles. The highest BCUT2D eigenvalue weighted by Gasteiger charge is 2.33. The number of carbonyl (C=O) groups excluding carboxylic acids is 1. The van der Waals surface area contributed by atoms with Gasteiger partial charge >= 0.3 is 5.97 Å². The largest absolute Gasteiger partial charge is 0.445 e. The van der Waals surface area contributed by atoms with Gasteiger partial charge in [-0.2, -0.15) is 5.10 Å². The number of nitrogens with zero attached hydrogens (tertiary/aromatic N) is 3. The maximum absolute atomic E-state index is 12.4. The lowest BCUT2D eigenvalue weighted by molar-refractivity contribution is 0.0373. The Morgan fingerprint density at radius 1 is 1.50 bits per heavy atom. The van der Waals surface area contributed by atoms with Gasteiger partial charge in [0.15, 0.2) is 11.8 Å². The third-order valence-electron chi connectivity index (χ3n) is 3.92. The summed E-state index contributed by atoms with van der Waals surface area (Å²) in [5.74, 6) is 2.47. The van der Waals surface area contributed by atoms with Crippen LogP contribution < -0.4 is 0 Å². The topological polar surface area (TPSA) is 57.0 Å². The van der Waals surface area contributed by atoms with E-state index in [0.717, 1.165) is 23.9 Å². The second-order valence-corrected chi connectivity index (χ2v) is 6.05. The van der Waals surface area contributed by atoms with E-state index in [0.29, 0.717) is 17.2 Å². The van der Waals surface area contributed by atoms with Gasteiger partial charge in [-0.3, -0.25) is 0 Å². The van der Waals surface area contributed by atoms with Crippen molar-refractivity contribution in [3.05, 3.63) is 23.5 Å². The van der Waals surface area contributed by atoms with Crippen LogP contribution in [0.25, 0.3) is 11.0 Å². The van der Waals surface area contributed by atoms with Crippen LogP contribution in [0.5, 0.6) is 0 Å². The Hall–Kier alpha value is -2.35. The number of hydrogen-bond donors (Lipinski definition) is 0. The molecular formula is C17H19N3O2. The summed E-state index contributed by atoms with van der Waals surface area (Å²) in [5, 5.41) is 5.15. The van der Waals surface area contributed by atoms with Gasteiger partial charge in [0.25, 0.3) is 0 Å². The second-order valence-electron chi connectivity index (χ2n) is 6.05. The molecule has 1 aliphatic rings. The normalized spacial score (nSPS) is 15.8. The first-order valence-electron chi connectivity index (χ1n) is 7.53. The summed E-state index contributed by atoms with van der Waals surface area (Å²) in [6.07, 6.45) is 8.79. The van der Waals surface area contributed by atoms with E-state index in [1.165, 1.54) is 0 Å². The molecule has 1 aliphatic carbocycles. The molecule has 3 rings (SSSR count). The molecule has 0 aliphatic heterocycles. The Labute approximate surface area is 129 Å². The molecule has 0 amide bonds. The Morgan fingerprint density at radius 3 is 2.82 bits per heavy atom. The standard InChI is InChI=1S/C17H19N3O2/c1-5-15(12-6-7-12)22-17(21)14-8-13-9-18-20(10(2)3)16(13)19-11(14)4/h1,8-10,12,15H,6-7H2,2-4H3. The Kier molecular flexibility index (Phi) is 3.61. The first kappa shape index (κ1) is 14.6. The minimum atomic E-state index is -0.430. The smallest absolute Gasteiger partial charge is 0.341 e. The summed E-state index contributed by atoms with van der Waals surface area (Å²) in [7, 11) is 0. The monoisotopic (exact) mass is 297 g/mol. The molecule has 1 fully saturated rings. The average Bonchev–Trinajstić information content (AvgIpc) is 3.23. The molecule has 5 heteroatoms. The molecule has 1 atom stereocenters. The molecule has 0 radical (unpaired) electrons. The van der Waals surface area contributed by atoms with E-state index in [1.54, 1.807) is 19.2 Å². The first-order chi connectivity index (χ1) is 10.5. The van der Waals surface area contributed by atoms with Crippen LogP contribution in [0.1, 0.15) is 48.8 Å². The van der Waals surface area contributed by atoms with E-state index in [-0.39, 0.29) is 6.04 Å². The van der Waals surface area contributed by atoms with Gasteiger partial charge in [0.2, 0.25) is 0 Å². The van der Waals surface area contributed by atoms with Crippen molar-refractivity contribution >= 4 is 17.0 Å². The van der Waals surface area contributed by atoms with Crippen LogP contribution in [-0.2, 0) is 4.74 Å². The van der Waals surface area contributed by atoms with Gasteiger partial charge in [-0.05, 0) is 39.7 Å². The molecule has 0 N–H and O–H groups in total. The second kappa shape index (κ2) is 5.45. The highest BCUT2D eigenvalue weighted by Crippen LogP contribution is 2.34. The molecule has 0 bridgehead atoms. The van der Waals surface area contributed by atoms with Gasteiger partial charge in [0.1, 0.15) is 0 Å². The number of pyridine rings is 1. The van der Waals surface area contributed by atoms with Gasteiger partial charge in [-0.1, -0.05) is 5.92 Å². The summed E-state index contributed by atoms with van der Waals surface area (Å²) in [5.41, 5.74) is 1.86. The van der Waals surface area contributed by atoms with Crippen LogP contribution in [0.3, 0.4) is 0 Å². The summed E-state index contributed by atoms with van der Waals surface area (Å²) < 4.78 is 7.29. The molecule has 2 aromatic heterocycles. The molecule has 0 aromatic carbocycles. The zero-order valence-corrected chi connectivity index (χ0v) is 13.0. The summed E-state index contributed by atoms with van der Waals surface area (Å²) in [6, 6.07) is 2.00. The van der Waals surface area contributed by atoms with E-state index < -0.39 is 12.1 Å². The average molecular weight is 297 g/mol. The summed E-state index contributed by atoms with van der Waals surface area (Å²) >= 11 is 0. The van der Waals surface area contributed by atoms with Crippen LogP contribution in [0.4, 0.5) is 0 Å². The lowest BCUT2D eigenvalue weighted by Gasteiger charge is -2.13. The summed E-state index contributed by atoms with van der Waals surface area (Å²) in [6.45, 7) is 5.88. The lowest BCUT2D eigenvalue weighted by atomic mass is 10.1. The third kappa shape index (κ3) is 2.57. The Morgan fingerprint density at radius 2 is 2.23 bits per heavy atom. The van der Waals surface area contributed by atoms with E-state index in [1.807, 2.05) is 18.5 Å². The van der Waals surface area contributed by atoms with Crippen LogP contribution in [0.15, 0.2) is 12.3 Å². The number of fused-ring (bicyclic) bond motifs is 1.